The van der Waals surface area contributed by atoms with Crippen molar-refractivity contribution in [2.45, 2.75) is 44.6 Å². The summed E-state index contributed by atoms with van der Waals surface area (Å²) in [6, 6.07) is 15.7. The molecule has 0 aliphatic heterocycles. The number of phenolic OH excluding ortho intramolecular Hbond substituents is 1. The van der Waals surface area contributed by atoms with Crippen molar-refractivity contribution < 1.29 is 14.9 Å². The van der Waals surface area contributed by atoms with E-state index in [9.17, 15) is 10.2 Å². The zero-order valence-corrected chi connectivity index (χ0v) is 13.7. The smallest absolute Gasteiger partial charge is 0.160 e. The van der Waals surface area contributed by atoms with E-state index >= 15 is 0 Å². The Morgan fingerprint density at radius 1 is 0.957 bits per heavy atom. The number of phenols is 1. The maximum absolute atomic E-state index is 10.1. The van der Waals surface area contributed by atoms with Gasteiger partial charge in [0, 0.05) is 0 Å². The number of rotatable bonds is 9. The van der Waals surface area contributed by atoms with Crippen LogP contribution in [0, 0.1) is 0 Å². The van der Waals surface area contributed by atoms with Gasteiger partial charge in [0.2, 0.25) is 0 Å². The normalized spacial score (nSPS) is 12.1. The van der Waals surface area contributed by atoms with Gasteiger partial charge in [-0.1, -0.05) is 49.2 Å². The number of ether oxygens (including phenoxy) is 1. The Balaban J connectivity index is 1.66. The number of hydrogen-bond donors (Lipinski definition) is 2. The topological polar surface area (TPSA) is 49.7 Å². The van der Waals surface area contributed by atoms with E-state index in [1.165, 1.54) is 12.7 Å². The Kier molecular flexibility index (Phi) is 6.95. The molecule has 0 unspecified atom stereocenters. The van der Waals surface area contributed by atoms with Crippen LogP contribution in [0.1, 0.15) is 36.8 Å². The summed E-state index contributed by atoms with van der Waals surface area (Å²) in [5.74, 6) is 0.587. The van der Waals surface area contributed by atoms with Crippen molar-refractivity contribution in [2.75, 3.05) is 7.11 Å². The van der Waals surface area contributed by atoms with Crippen LogP contribution >= 0.6 is 0 Å². The lowest BCUT2D eigenvalue weighted by Crippen LogP contribution is -2.10. The van der Waals surface area contributed by atoms with Crippen LogP contribution in [0.5, 0.6) is 11.5 Å². The van der Waals surface area contributed by atoms with Gasteiger partial charge in [-0.3, -0.25) is 0 Å². The fourth-order valence-corrected chi connectivity index (χ4v) is 2.75. The minimum atomic E-state index is -0.346. The molecule has 0 aromatic heterocycles. The predicted octanol–water partition coefficient (Wildman–Crippen LogP) is 4.11. The van der Waals surface area contributed by atoms with Crippen molar-refractivity contribution in [1.29, 1.82) is 0 Å². The average molecular weight is 314 g/mol. The highest BCUT2D eigenvalue weighted by atomic mass is 16.5. The summed E-state index contributed by atoms with van der Waals surface area (Å²) in [4.78, 5) is 0. The first-order valence-electron chi connectivity index (χ1n) is 8.27. The lowest BCUT2D eigenvalue weighted by atomic mass is 10.0. The first-order chi connectivity index (χ1) is 11.2. The fraction of sp³-hybridized carbons (Fsp3) is 0.400. The number of methoxy groups -OCH3 is 1. The molecule has 0 fully saturated rings. The molecule has 0 spiro atoms. The predicted molar refractivity (Wildman–Crippen MR) is 93.0 cm³/mol. The number of benzene rings is 2. The second-order valence-electron chi connectivity index (χ2n) is 5.95. The van der Waals surface area contributed by atoms with Crippen LogP contribution in [0.15, 0.2) is 48.5 Å². The highest BCUT2D eigenvalue weighted by molar-refractivity contribution is 5.41. The van der Waals surface area contributed by atoms with E-state index in [1.54, 1.807) is 12.1 Å². The average Bonchev–Trinajstić information content (AvgIpc) is 2.57. The third-order valence-electron chi connectivity index (χ3n) is 4.06. The lowest BCUT2D eigenvalue weighted by Gasteiger charge is -2.12. The Bertz CT molecular complexity index is 581. The van der Waals surface area contributed by atoms with Crippen LogP contribution in [0.4, 0.5) is 0 Å². The summed E-state index contributed by atoms with van der Waals surface area (Å²) >= 11 is 0. The Hall–Kier alpha value is -2.00. The van der Waals surface area contributed by atoms with Gasteiger partial charge in [0.1, 0.15) is 0 Å². The standard InChI is InChI=1S/C20H26O3/c1-23-20-15-17(12-13-19(20)22)14-18(21)11-7-3-6-10-16-8-4-2-5-9-16/h2,4-5,8-9,12-13,15,18,21-22H,3,6-7,10-11,14H2,1H3/t18-/m1/s1. The maximum Gasteiger partial charge on any atom is 0.160 e. The molecule has 0 heterocycles. The van der Waals surface area contributed by atoms with E-state index < -0.39 is 0 Å². The number of aliphatic hydroxyl groups excluding tert-OH is 1. The van der Waals surface area contributed by atoms with Gasteiger partial charge in [-0.25, -0.2) is 0 Å². The van der Waals surface area contributed by atoms with Crippen LogP contribution in [0.25, 0.3) is 0 Å². The Morgan fingerprint density at radius 3 is 2.48 bits per heavy atom. The van der Waals surface area contributed by atoms with Crippen molar-refractivity contribution in [3.63, 3.8) is 0 Å². The summed E-state index contributed by atoms with van der Waals surface area (Å²) in [5, 5.41) is 19.7. The van der Waals surface area contributed by atoms with E-state index in [-0.39, 0.29) is 11.9 Å². The van der Waals surface area contributed by atoms with Gasteiger partial charge in [-0.05, 0) is 48.9 Å². The second-order valence-corrected chi connectivity index (χ2v) is 5.95. The van der Waals surface area contributed by atoms with Gasteiger partial charge in [-0.2, -0.15) is 0 Å². The SMILES string of the molecule is COc1cc(C[C@H](O)CCCCCc2ccccc2)ccc1O. The van der Waals surface area contributed by atoms with Crippen molar-refractivity contribution in [2.24, 2.45) is 0 Å². The molecule has 0 saturated carbocycles. The zero-order valence-electron chi connectivity index (χ0n) is 13.7. The fourth-order valence-electron chi connectivity index (χ4n) is 2.75. The molecule has 2 aromatic rings. The summed E-state index contributed by atoms with van der Waals surface area (Å²) in [6.45, 7) is 0. The molecule has 0 amide bonds. The number of unbranched alkanes of at least 4 members (excludes halogenated alkanes) is 2. The van der Waals surface area contributed by atoms with E-state index in [0.717, 1.165) is 37.7 Å². The highest BCUT2D eigenvalue weighted by Crippen LogP contribution is 2.27. The minimum Gasteiger partial charge on any atom is -0.504 e. The second kappa shape index (κ2) is 9.21. The summed E-state index contributed by atoms with van der Waals surface area (Å²) < 4.78 is 5.09. The molecule has 3 heteroatoms. The Morgan fingerprint density at radius 2 is 1.74 bits per heavy atom. The number of aliphatic hydroxyl groups is 1. The van der Waals surface area contributed by atoms with Crippen LogP contribution in [-0.4, -0.2) is 23.4 Å². The molecule has 124 valence electrons. The quantitative estimate of drug-likeness (QED) is 0.685. The van der Waals surface area contributed by atoms with Gasteiger partial charge >= 0.3 is 0 Å². The monoisotopic (exact) mass is 314 g/mol. The van der Waals surface area contributed by atoms with Gasteiger partial charge in [-0.15, -0.1) is 0 Å². The minimum absolute atomic E-state index is 0.131. The van der Waals surface area contributed by atoms with E-state index in [0.29, 0.717) is 12.2 Å². The third-order valence-corrected chi connectivity index (χ3v) is 4.06. The first kappa shape index (κ1) is 17.4. The van der Waals surface area contributed by atoms with Crippen LogP contribution in [0.3, 0.4) is 0 Å². The van der Waals surface area contributed by atoms with E-state index in [1.807, 2.05) is 12.1 Å². The Labute approximate surface area is 138 Å². The molecular weight excluding hydrogens is 288 g/mol. The van der Waals surface area contributed by atoms with E-state index in [4.69, 9.17) is 4.74 Å². The van der Waals surface area contributed by atoms with Gasteiger partial charge < -0.3 is 14.9 Å². The molecule has 1 atom stereocenters. The molecule has 2 rings (SSSR count). The maximum atomic E-state index is 10.1. The summed E-state index contributed by atoms with van der Waals surface area (Å²) in [5.41, 5.74) is 2.36. The van der Waals surface area contributed by atoms with Crippen molar-refractivity contribution >= 4 is 0 Å². The van der Waals surface area contributed by atoms with Crippen molar-refractivity contribution in [3.05, 3.63) is 59.7 Å². The molecule has 3 nitrogen and oxygen atoms in total. The number of aromatic hydroxyl groups is 1. The lowest BCUT2D eigenvalue weighted by molar-refractivity contribution is 0.161. The molecule has 0 bridgehead atoms. The van der Waals surface area contributed by atoms with Gasteiger partial charge in [0.05, 0.1) is 13.2 Å². The summed E-state index contributed by atoms with van der Waals surface area (Å²) in [6.07, 6.45) is 5.47. The zero-order chi connectivity index (χ0) is 16.5. The molecule has 0 saturated heterocycles. The molecule has 0 aliphatic rings. The first-order valence-corrected chi connectivity index (χ1v) is 8.27. The van der Waals surface area contributed by atoms with Gasteiger partial charge in [0.15, 0.2) is 11.5 Å². The van der Waals surface area contributed by atoms with E-state index in [2.05, 4.69) is 24.3 Å². The van der Waals surface area contributed by atoms with Crippen molar-refractivity contribution in [3.8, 4) is 11.5 Å². The third kappa shape index (κ3) is 5.95. The molecule has 0 radical (unpaired) electrons. The van der Waals surface area contributed by atoms with Crippen LogP contribution in [-0.2, 0) is 12.8 Å². The number of hydrogen-bond acceptors (Lipinski definition) is 3. The molecule has 23 heavy (non-hydrogen) atoms. The molecule has 2 N–H and O–H groups in total. The highest BCUT2D eigenvalue weighted by Gasteiger charge is 2.08. The largest absolute Gasteiger partial charge is 0.504 e. The van der Waals surface area contributed by atoms with Gasteiger partial charge in [0.25, 0.3) is 0 Å². The van der Waals surface area contributed by atoms with Crippen LogP contribution < -0.4 is 4.74 Å². The summed E-state index contributed by atoms with van der Waals surface area (Å²) in [7, 11) is 1.53. The molecule has 0 aliphatic carbocycles. The number of aryl methyl sites for hydroxylation is 1. The van der Waals surface area contributed by atoms with Crippen LogP contribution in [0.2, 0.25) is 0 Å². The van der Waals surface area contributed by atoms with Crippen molar-refractivity contribution in [1.82, 2.24) is 0 Å². The molecule has 2 aromatic carbocycles. The molecular formula is C20H26O3.